The SMILES string of the molecule is Cc1ccc2nc(C3C4Oc5ccc(Oc6ccnc7c6CCC(=O)N7)cc5C43)[nH]c2c1.Cc1cccc2[nH]c(C3C4Oc5ccc(Oc6ccnc7c6CCC(=O)N7)cc5C43)nc12.O=C1CCc2c(Oc3ccc4c(c3)C3C(O4)C3c3nc4cc5c(cc4[nH]3)CCC5)ccnc2N1.O=C1CCc2c(Oc3ccc4c(c3)C3C(O4)C3c3nc4ccc(-c5ccccc5)cc4[nH]3)ccnc2N1. The lowest BCUT2D eigenvalue weighted by Crippen LogP contribution is -2.20. The van der Waals surface area contributed by atoms with Crippen molar-refractivity contribution in [3.05, 3.63) is 309 Å². The zero-order chi connectivity index (χ0) is 89.7. The molecule has 4 fully saturated rings. The van der Waals surface area contributed by atoms with E-state index in [0.29, 0.717) is 74.6 Å². The molecule has 8 aromatic heterocycles. The van der Waals surface area contributed by atoms with Crippen LogP contribution in [0.5, 0.6) is 69.0 Å². The zero-order valence-electron chi connectivity index (χ0n) is 73.0. The number of imidazole rings is 4. The Bertz CT molecular complexity index is 7880. The number of anilines is 4. The molecule has 9 aromatic carbocycles. The molecule has 28 nitrogen and oxygen atoms in total. The van der Waals surface area contributed by atoms with Gasteiger partial charge in [-0.15, -0.1) is 0 Å². The van der Waals surface area contributed by atoms with Gasteiger partial charge in [0.05, 0.1) is 67.8 Å². The van der Waals surface area contributed by atoms with E-state index in [9.17, 15) is 19.2 Å². The Morgan fingerprint density at radius 3 is 1.09 bits per heavy atom. The number of amides is 4. The lowest BCUT2D eigenvalue weighted by molar-refractivity contribution is -0.117. The summed E-state index contributed by atoms with van der Waals surface area (Å²) in [5.41, 5.74) is 24.4. The fourth-order valence-corrected chi connectivity index (χ4v) is 21.7. The van der Waals surface area contributed by atoms with E-state index in [-0.39, 0.29) is 95.4 Å². The van der Waals surface area contributed by atoms with Crippen LogP contribution in [0, 0.1) is 13.8 Å². The number of H-pyrrole nitrogens is 4. The maximum Gasteiger partial charge on any atom is 0.225 e. The molecule has 0 bridgehead atoms. The monoisotopic (exact) mass is 1780 g/mol. The van der Waals surface area contributed by atoms with Crippen molar-refractivity contribution >= 4 is 91.0 Å². The number of nitrogens with zero attached hydrogens (tertiary/aromatic N) is 8. The average Bonchev–Trinajstić information content (AvgIpc) is 1.55. The summed E-state index contributed by atoms with van der Waals surface area (Å²) in [6.07, 6.45) is 14.9. The number of hydrogen-bond acceptors (Lipinski definition) is 20. The number of benzene rings is 9. The topological polar surface area (TPSA) is 357 Å². The summed E-state index contributed by atoms with van der Waals surface area (Å²) in [4.78, 5) is 97.5. The van der Waals surface area contributed by atoms with Crippen LogP contribution in [0.25, 0.3) is 55.3 Å². The molecule has 664 valence electrons. The van der Waals surface area contributed by atoms with E-state index in [1.807, 2.05) is 84.9 Å². The number of aromatic amines is 4. The van der Waals surface area contributed by atoms with Gasteiger partial charge in [-0.05, 0) is 232 Å². The molecule has 0 spiro atoms. The number of carbonyl (C=O) groups excluding carboxylic acids is 4. The highest BCUT2D eigenvalue weighted by Gasteiger charge is 2.64. The van der Waals surface area contributed by atoms with Crippen molar-refractivity contribution in [3.63, 3.8) is 0 Å². The van der Waals surface area contributed by atoms with Gasteiger partial charge in [-0.3, -0.25) is 19.2 Å². The van der Waals surface area contributed by atoms with Crippen LogP contribution >= 0.6 is 0 Å². The van der Waals surface area contributed by atoms with Crippen LogP contribution in [0.2, 0.25) is 0 Å². The van der Waals surface area contributed by atoms with Gasteiger partial charge in [0.15, 0.2) is 0 Å². The van der Waals surface area contributed by atoms with E-state index >= 15 is 0 Å². The summed E-state index contributed by atoms with van der Waals surface area (Å²) >= 11 is 0. The summed E-state index contributed by atoms with van der Waals surface area (Å²) in [5, 5.41) is 11.3. The minimum Gasteiger partial charge on any atom is -0.489 e. The number of fused-ring (bicyclic) bond motifs is 21. The Morgan fingerprint density at radius 1 is 0.304 bits per heavy atom. The van der Waals surface area contributed by atoms with Gasteiger partial charge in [-0.2, -0.15) is 0 Å². The van der Waals surface area contributed by atoms with E-state index in [1.165, 1.54) is 51.8 Å². The molecular weight excluding hydrogens is 1700 g/mol. The van der Waals surface area contributed by atoms with Crippen LogP contribution in [0.3, 0.4) is 0 Å². The molecule has 0 saturated heterocycles. The summed E-state index contributed by atoms with van der Waals surface area (Å²) in [7, 11) is 0. The number of hydrogen-bond donors (Lipinski definition) is 8. The molecule has 30 rings (SSSR count). The molecule has 135 heavy (non-hydrogen) atoms. The molecule has 17 aromatic rings. The van der Waals surface area contributed by atoms with E-state index < -0.39 is 0 Å². The lowest BCUT2D eigenvalue weighted by atomic mass is 10.1. The summed E-state index contributed by atoms with van der Waals surface area (Å²) < 4.78 is 50.0. The molecule has 8 N–H and O–H groups in total. The Morgan fingerprint density at radius 2 is 0.674 bits per heavy atom. The highest BCUT2D eigenvalue weighted by atomic mass is 16.5. The number of para-hydroxylation sites is 1. The number of carbonyl (C=O) groups is 4. The average molecular weight is 1790 g/mol. The standard InChI is InChI=1S/C30H22N4O3.C27H22N4O3.2C25H20N4O3/c35-25-11-8-19-24(12-13-31-29(19)34-25)36-18-7-10-23-20(15-18)26-27(28(26)37-23)30-32-21-9-6-17(14-22(21)33-30)16-4-2-1-3-5-16;32-22-7-5-16-21(8-9-28-26(16)31-22)33-15-4-6-20-17(12-15)23-24(25(23)34-20)27-29-18-10-13-2-1-3-14(13)11-19(18)30-27;1-12-2-5-16-17(10-12)28-25(27-16)22-21-15-11-13(3-6-18(15)32-23(21)22)31-19-8-9-26-24-14(19)4-7-20(30)29-24;1-12-3-2-4-16-22(12)29-25(27-16)21-20-15-11-13(5-7-17(15)32-23(20)21)31-18-9-10-26-24-14(18)6-8-19(30)28-24/h1-7,9-10,12-15,26-28H,8,11H2,(H,32,33)(H,31,34,35);4,6,8-12,23-25H,1-3,5,7H2,(H,29,30)(H,28,31,32);2-3,5-6,8-11,21-23H,4,7H2,1H3,(H,27,28)(H,26,29,30);2-5,7,9-11,20-21,23H,6,8H2,1H3,(H,27,29)(H,26,28,30). The van der Waals surface area contributed by atoms with Crippen molar-refractivity contribution in [3.8, 4) is 80.1 Å². The van der Waals surface area contributed by atoms with E-state index in [4.69, 9.17) is 57.8 Å². The van der Waals surface area contributed by atoms with Crippen molar-refractivity contribution in [1.29, 1.82) is 0 Å². The molecule has 5 aliphatic carbocycles. The first-order valence-electron chi connectivity index (χ1n) is 46.2. The smallest absolute Gasteiger partial charge is 0.225 e. The molecule has 13 aliphatic rings. The minimum absolute atomic E-state index is 0.00662. The van der Waals surface area contributed by atoms with Crippen molar-refractivity contribution in [1.82, 2.24) is 59.8 Å². The summed E-state index contributed by atoms with van der Waals surface area (Å²) in [6.45, 7) is 4.17. The van der Waals surface area contributed by atoms with Gasteiger partial charge < -0.3 is 79.1 Å². The lowest BCUT2D eigenvalue weighted by Gasteiger charge is -2.19. The summed E-state index contributed by atoms with van der Waals surface area (Å²) in [6, 6.07) is 65.1. The van der Waals surface area contributed by atoms with Crippen molar-refractivity contribution in [2.75, 3.05) is 21.3 Å². The largest absolute Gasteiger partial charge is 0.489 e. The van der Waals surface area contributed by atoms with Crippen LogP contribution < -0.4 is 59.2 Å². The Hall–Kier alpha value is -16.3. The van der Waals surface area contributed by atoms with Gasteiger partial charge in [0.1, 0.15) is 140 Å². The Balaban J connectivity index is 0.0000000916. The first kappa shape index (κ1) is 78.6. The third-order valence-corrected chi connectivity index (χ3v) is 28.6. The molecule has 12 unspecified atom stereocenters. The molecule has 8 aliphatic heterocycles. The predicted molar refractivity (Wildman–Crippen MR) is 502 cm³/mol. The normalized spacial score (nSPS) is 22.4. The number of ether oxygens (including phenoxy) is 8. The number of rotatable bonds is 13. The first-order valence-corrected chi connectivity index (χ1v) is 46.2. The number of aryl methyl sites for hydroxylation is 4. The number of nitrogens with one attached hydrogen (secondary N) is 8. The predicted octanol–water partition coefficient (Wildman–Crippen LogP) is 19.9. The van der Waals surface area contributed by atoms with Gasteiger partial charge >= 0.3 is 0 Å². The van der Waals surface area contributed by atoms with E-state index in [2.05, 4.69) is 184 Å². The second-order valence-electron chi connectivity index (χ2n) is 37.1. The van der Waals surface area contributed by atoms with Crippen molar-refractivity contribution in [2.24, 2.45) is 0 Å². The van der Waals surface area contributed by atoms with Gasteiger partial charge in [0, 0.05) is 119 Å². The Kier molecular flexibility index (Phi) is 17.8. The van der Waals surface area contributed by atoms with Crippen LogP contribution in [0.15, 0.2) is 219 Å². The van der Waals surface area contributed by atoms with Gasteiger partial charge in [-0.1, -0.05) is 54.6 Å². The second-order valence-corrected chi connectivity index (χ2v) is 37.1. The third-order valence-electron chi connectivity index (χ3n) is 28.6. The third kappa shape index (κ3) is 13.8. The zero-order valence-corrected chi connectivity index (χ0v) is 73.0. The van der Waals surface area contributed by atoms with E-state index in [1.54, 1.807) is 24.8 Å². The maximum absolute atomic E-state index is 11.7. The highest BCUT2D eigenvalue weighted by molar-refractivity contribution is 5.96. The highest BCUT2D eigenvalue weighted by Crippen LogP contribution is 2.67. The molecule has 12 atom stereocenters. The molecule has 16 heterocycles. The van der Waals surface area contributed by atoms with Crippen molar-refractivity contribution in [2.45, 2.75) is 156 Å². The second kappa shape index (κ2) is 30.7. The molecule has 0 radical (unpaired) electrons. The van der Waals surface area contributed by atoms with Crippen LogP contribution in [-0.4, -0.2) is 108 Å². The molecule has 28 heteroatoms. The fraction of sp³-hybridized carbons (Fsp3) is 0.234. The van der Waals surface area contributed by atoms with E-state index in [0.717, 1.165) is 182 Å². The van der Waals surface area contributed by atoms with Gasteiger partial charge in [0.2, 0.25) is 23.6 Å². The quantitative estimate of drug-likeness (QED) is 0.0531. The minimum atomic E-state index is -0.0143. The summed E-state index contributed by atoms with van der Waals surface area (Å²) in [5.74, 6) is 17.9. The number of aromatic nitrogens is 12. The molecular formula is C107H84N16O12. The van der Waals surface area contributed by atoms with Gasteiger partial charge in [0.25, 0.3) is 0 Å². The first-order chi connectivity index (χ1) is 66.2. The van der Waals surface area contributed by atoms with Crippen LogP contribution in [0.1, 0.15) is 170 Å². The Labute approximate surface area is 770 Å². The van der Waals surface area contributed by atoms with Gasteiger partial charge in [-0.25, -0.2) is 39.9 Å². The van der Waals surface area contributed by atoms with Crippen molar-refractivity contribution < 1.29 is 57.1 Å². The molecule has 4 saturated carbocycles. The number of pyridine rings is 4. The molecule has 4 amide bonds. The van der Waals surface area contributed by atoms with Crippen LogP contribution in [0.4, 0.5) is 23.3 Å². The van der Waals surface area contributed by atoms with Crippen LogP contribution in [-0.2, 0) is 57.7 Å². The maximum atomic E-state index is 11.7. The fourth-order valence-electron chi connectivity index (χ4n) is 21.7.